The highest BCUT2D eigenvalue weighted by Crippen LogP contribution is 2.18. The maximum absolute atomic E-state index is 12.5. The van der Waals surface area contributed by atoms with E-state index in [4.69, 9.17) is 0 Å². The van der Waals surface area contributed by atoms with E-state index < -0.39 is 16.1 Å². The number of hydrogen-bond acceptors (Lipinski definition) is 5. The lowest BCUT2D eigenvalue weighted by Crippen LogP contribution is -2.46. The van der Waals surface area contributed by atoms with Gasteiger partial charge in [0, 0.05) is 18.2 Å². The zero-order valence-electron chi connectivity index (χ0n) is 13.8. The molecule has 0 aromatic heterocycles. The summed E-state index contributed by atoms with van der Waals surface area (Å²) < 4.78 is 25.0. The van der Waals surface area contributed by atoms with E-state index in [-0.39, 0.29) is 22.9 Å². The van der Waals surface area contributed by atoms with Gasteiger partial charge in [-0.2, -0.15) is 0 Å². The molecule has 0 fully saturated rings. The van der Waals surface area contributed by atoms with Crippen LogP contribution in [0.3, 0.4) is 0 Å². The van der Waals surface area contributed by atoms with Crippen molar-refractivity contribution in [3.05, 3.63) is 53.8 Å². The average molecular weight is 348 g/mol. The number of hydrogen-bond donors (Lipinski definition) is 1. The monoisotopic (exact) mass is 348 g/mol. The minimum Gasteiger partial charge on any atom is -0.300 e. The van der Waals surface area contributed by atoms with Crippen molar-refractivity contribution >= 4 is 21.6 Å². The first-order chi connectivity index (χ1) is 11.2. The second kappa shape index (κ2) is 7.11. The first-order valence-corrected chi connectivity index (χ1v) is 8.95. The van der Waals surface area contributed by atoms with Gasteiger partial charge in [0.25, 0.3) is 10.0 Å². The third kappa shape index (κ3) is 4.39. The quantitative estimate of drug-likeness (QED) is 0.849. The summed E-state index contributed by atoms with van der Waals surface area (Å²) >= 11 is 0. The van der Waals surface area contributed by atoms with Crippen molar-refractivity contribution in [1.29, 1.82) is 0 Å². The summed E-state index contributed by atoms with van der Waals surface area (Å²) in [5.74, 6) is -0.241. The normalized spacial score (nSPS) is 17.5. The van der Waals surface area contributed by atoms with Crippen LogP contribution in [0.4, 0.5) is 0 Å². The molecule has 24 heavy (non-hydrogen) atoms. The maximum Gasteiger partial charge on any atom is 0.257 e. The SMILES string of the molecule is CC(=O)CC1C=C(C(C)=O)C=CN1NS(=O)(=O)c1ccc(C)cc1. The van der Waals surface area contributed by atoms with Crippen LogP contribution in [0.2, 0.25) is 0 Å². The predicted molar refractivity (Wildman–Crippen MR) is 90.3 cm³/mol. The van der Waals surface area contributed by atoms with Crippen LogP contribution in [0.5, 0.6) is 0 Å². The van der Waals surface area contributed by atoms with Gasteiger partial charge in [0.2, 0.25) is 0 Å². The molecular weight excluding hydrogens is 328 g/mol. The highest BCUT2D eigenvalue weighted by molar-refractivity contribution is 7.89. The molecule has 1 unspecified atom stereocenters. The lowest BCUT2D eigenvalue weighted by atomic mass is 10.0. The number of allylic oxidation sites excluding steroid dienone is 2. The summed E-state index contributed by atoms with van der Waals surface area (Å²) in [6, 6.07) is 5.90. The Labute approximate surface area is 141 Å². The molecule has 0 aliphatic carbocycles. The Hall–Kier alpha value is -2.25. The zero-order valence-corrected chi connectivity index (χ0v) is 14.6. The van der Waals surface area contributed by atoms with Gasteiger partial charge in [-0.15, -0.1) is 4.83 Å². The van der Waals surface area contributed by atoms with Crippen LogP contribution in [0.25, 0.3) is 0 Å². The molecule has 1 atom stereocenters. The average Bonchev–Trinajstić information content (AvgIpc) is 2.48. The second-order valence-corrected chi connectivity index (χ2v) is 7.44. The largest absolute Gasteiger partial charge is 0.300 e. The Morgan fingerprint density at radius 3 is 2.33 bits per heavy atom. The molecule has 1 heterocycles. The first kappa shape index (κ1) is 18.1. The molecule has 1 aliphatic rings. The summed E-state index contributed by atoms with van der Waals surface area (Å²) in [5.41, 5.74) is 1.40. The van der Waals surface area contributed by atoms with Gasteiger partial charge in [0.15, 0.2) is 5.78 Å². The molecule has 6 nitrogen and oxygen atoms in total. The van der Waals surface area contributed by atoms with Gasteiger partial charge < -0.3 is 0 Å². The van der Waals surface area contributed by atoms with Gasteiger partial charge in [-0.1, -0.05) is 17.7 Å². The van der Waals surface area contributed by atoms with E-state index in [0.29, 0.717) is 5.57 Å². The van der Waals surface area contributed by atoms with Gasteiger partial charge in [-0.3, -0.25) is 14.6 Å². The number of nitrogens with one attached hydrogen (secondary N) is 1. The Kier molecular flexibility index (Phi) is 5.36. The minimum absolute atomic E-state index is 0.0948. The van der Waals surface area contributed by atoms with Crippen molar-refractivity contribution in [3.63, 3.8) is 0 Å². The van der Waals surface area contributed by atoms with E-state index in [0.717, 1.165) is 5.56 Å². The fourth-order valence-corrected chi connectivity index (χ4v) is 3.38. The number of nitrogens with zero attached hydrogens (tertiary/aromatic N) is 1. The molecule has 0 spiro atoms. The third-order valence-corrected chi connectivity index (χ3v) is 4.95. The van der Waals surface area contributed by atoms with Crippen LogP contribution in [0.1, 0.15) is 25.8 Å². The summed E-state index contributed by atoms with van der Waals surface area (Å²) in [5, 5.41) is 1.34. The first-order valence-electron chi connectivity index (χ1n) is 7.47. The molecular formula is C17H20N2O4S. The minimum atomic E-state index is -3.78. The molecule has 0 saturated carbocycles. The Balaban J connectivity index is 2.26. The number of carbonyl (C=O) groups excluding carboxylic acids is 2. The highest BCUT2D eigenvalue weighted by Gasteiger charge is 2.25. The van der Waals surface area contributed by atoms with Crippen LogP contribution in [0.15, 0.2) is 53.1 Å². The fraction of sp³-hybridized carbons (Fsp3) is 0.294. The summed E-state index contributed by atoms with van der Waals surface area (Å²) in [4.78, 5) is 25.6. The lowest BCUT2D eigenvalue weighted by Gasteiger charge is -2.31. The van der Waals surface area contributed by atoms with Crippen molar-refractivity contribution in [3.8, 4) is 0 Å². The van der Waals surface area contributed by atoms with Crippen LogP contribution in [-0.2, 0) is 19.6 Å². The number of ketones is 2. The van der Waals surface area contributed by atoms with Crippen LogP contribution < -0.4 is 4.83 Å². The van der Waals surface area contributed by atoms with E-state index in [2.05, 4.69) is 4.83 Å². The smallest absolute Gasteiger partial charge is 0.257 e. The standard InChI is InChI=1S/C17H20N2O4S/c1-12-4-6-17(7-5-12)24(22,23)18-19-9-8-15(14(3)21)11-16(19)10-13(2)20/h4-9,11,16,18H,10H2,1-3H3. The Bertz CT molecular complexity index is 807. The van der Waals surface area contributed by atoms with Crippen molar-refractivity contribution in [2.75, 3.05) is 0 Å². The molecule has 0 amide bonds. The van der Waals surface area contributed by atoms with Gasteiger partial charge >= 0.3 is 0 Å². The van der Waals surface area contributed by atoms with Crippen LogP contribution >= 0.6 is 0 Å². The van der Waals surface area contributed by atoms with E-state index in [9.17, 15) is 18.0 Å². The van der Waals surface area contributed by atoms with Crippen molar-refractivity contribution in [2.45, 2.75) is 38.1 Å². The number of carbonyl (C=O) groups is 2. The van der Waals surface area contributed by atoms with E-state index >= 15 is 0 Å². The van der Waals surface area contributed by atoms with Gasteiger partial charge in [-0.05, 0) is 45.1 Å². The molecule has 1 aliphatic heterocycles. The summed E-state index contributed by atoms with van der Waals surface area (Å²) in [6.45, 7) is 4.72. The fourth-order valence-electron chi connectivity index (χ4n) is 2.31. The molecule has 0 bridgehead atoms. The van der Waals surface area contributed by atoms with Crippen molar-refractivity contribution in [2.24, 2.45) is 0 Å². The predicted octanol–water partition coefficient (Wildman–Crippen LogP) is 1.88. The molecule has 128 valence electrons. The molecule has 2 rings (SSSR count). The number of Topliss-reactive ketones (excluding diaryl/α,β-unsaturated/α-hetero) is 2. The number of aryl methyl sites for hydroxylation is 1. The van der Waals surface area contributed by atoms with Gasteiger partial charge in [-0.25, -0.2) is 8.42 Å². The maximum atomic E-state index is 12.5. The van der Waals surface area contributed by atoms with E-state index in [1.165, 1.54) is 43.3 Å². The van der Waals surface area contributed by atoms with Crippen molar-refractivity contribution < 1.29 is 18.0 Å². The second-order valence-electron chi connectivity index (χ2n) is 5.78. The van der Waals surface area contributed by atoms with Gasteiger partial charge in [0.1, 0.15) is 5.78 Å². The van der Waals surface area contributed by atoms with E-state index in [1.54, 1.807) is 18.2 Å². The zero-order chi connectivity index (χ0) is 17.9. The van der Waals surface area contributed by atoms with Crippen LogP contribution in [0, 0.1) is 6.92 Å². The summed E-state index contributed by atoms with van der Waals surface area (Å²) in [6.07, 6.45) is 4.69. The molecule has 7 heteroatoms. The molecule has 0 saturated heterocycles. The molecule has 1 N–H and O–H groups in total. The third-order valence-electron chi connectivity index (χ3n) is 3.60. The Morgan fingerprint density at radius 2 is 1.79 bits per heavy atom. The number of benzene rings is 1. The highest BCUT2D eigenvalue weighted by atomic mass is 32.2. The van der Waals surface area contributed by atoms with Gasteiger partial charge in [0.05, 0.1) is 10.9 Å². The lowest BCUT2D eigenvalue weighted by molar-refractivity contribution is -0.118. The number of rotatable bonds is 6. The molecule has 1 aromatic rings. The van der Waals surface area contributed by atoms with E-state index in [1.807, 2.05) is 6.92 Å². The number of hydrazine groups is 1. The van der Waals surface area contributed by atoms with Crippen molar-refractivity contribution in [1.82, 2.24) is 9.84 Å². The molecule has 1 aromatic carbocycles. The molecule has 0 radical (unpaired) electrons. The van der Waals surface area contributed by atoms with Crippen LogP contribution in [-0.4, -0.2) is 31.0 Å². The summed E-state index contributed by atoms with van der Waals surface area (Å²) in [7, 11) is -3.78. The Morgan fingerprint density at radius 1 is 1.17 bits per heavy atom. The topological polar surface area (TPSA) is 83.6 Å². The number of sulfonamides is 1.